The molecule has 1 aromatic carbocycles. The van der Waals surface area contributed by atoms with Crippen molar-refractivity contribution in [2.24, 2.45) is 5.73 Å². The number of amides is 1. The molecule has 0 aliphatic carbocycles. The number of benzene rings is 1. The fourth-order valence-electron chi connectivity index (χ4n) is 2.15. The standard InChI is InChI=1S/C15H21N5O.ClH/c1-3-7-12(16)15(21)18-13-9-6-5-8-11(13)14-19-17-10-20(14)4-2;/h5-6,8-10,12H,3-4,7,16H2,1-2H3,(H,18,21);1H. The molecule has 0 aliphatic heterocycles. The molecule has 7 heteroatoms. The average Bonchev–Trinajstić information content (AvgIpc) is 2.96. The van der Waals surface area contributed by atoms with E-state index in [-0.39, 0.29) is 18.3 Å². The molecule has 2 aromatic rings. The second-order valence-electron chi connectivity index (χ2n) is 4.87. The van der Waals surface area contributed by atoms with E-state index in [0.29, 0.717) is 12.1 Å². The summed E-state index contributed by atoms with van der Waals surface area (Å²) >= 11 is 0. The monoisotopic (exact) mass is 323 g/mol. The van der Waals surface area contributed by atoms with Crippen LogP contribution in [-0.2, 0) is 11.3 Å². The van der Waals surface area contributed by atoms with Gasteiger partial charge in [-0.3, -0.25) is 4.79 Å². The Morgan fingerprint density at radius 1 is 1.36 bits per heavy atom. The van der Waals surface area contributed by atoms with E-state index >= 15 is 0 Å². The minimum atomic E-state index is -0.493. The predicted octanol–water partition coefficient (Wildman–Crippen LogP) is 2.45. The van der Waals surface area contributed by atoms with Gasteiger partial charge in [-0.15, -0.1) is 22.6 Å². The maximum Gasteiger partial charge on any atom is 0.241 e. The van der Waals surface area contributed by atoms with E-state index in [0.717, 1.165) is 24.4 Å². The van der Waals surface area contributed by atoms with Crippen LogP contribution in [0.3, 0.4) is 0 Å². The Labute approximate surface area is 136 Å². The largest absolute Gasteiger partial charge is 0.324 e. The fraction of sp³-hybridized carbons (Fsp3) is 0.400. The molecule has 3 N–H and O–H groups in total. The molecule has 1 atom stereocenters. The van der Waals surface area contributed by atoms with Crippen LogP contribution in [0.25, 0.3) is 11.4 Å². The number of nitrogens with zero attached hydrogens (tertiary/aromatic N) is 3. The SMILES string of the molecule is CCCC(N)C(=O)Nc1ccccc1-c1nncn1CC.Cl. The first-order valence-electron chi connectivity index (χ1n) is 7.21. The molecule has 1 unspecified atom stereocenters. The van der Waals surface area contributed by atoms with Crippen molar-refractivity contribution >= 4 is 24.0 Å². The molecule has 120 valence electrons. The van der Waals surface area contributed by atoms with Crippen LogP contribution in [0, 0.1) is 0 Å². The molecule has 0 aliphatic rings. The number of anilines is 1. The first-order chi connectivity index (χ1) is 10.2. The van der Waals surface area contributed by atoms with Crippen LogP contribution in [0.1, 0.15) is 26.7 Å². The maximum absolute atomic E-state index is 12.1. The van der Waals surface area contributed by atoms with Gasteiger partial charge >= 0.3 is 0 Å². The molecule has 0 saturated heterocycles. The van der Waals surface area contributed by atoms with Gasteiger partial charge in [0.2, 0.25) is 5.91 Å². The van der Waals surface area contributed by atoms with Crippen LogP contribution < -0.4 is 11.1 Å². The van der Waals surface area contributed by atoms with Crippen LogP contribution in [0.5, 0.6) is 0 Å². The molecule has 0 fully saturated rings. The van der Waals surface area contributed by atoms with Crippen LogP contribution in [0.2, 0.25) is 0 Å². The minimum absolute atomic E-state index is 0. The molecule has 1 aromatic heterocycles. The lowest BCUT2D eigenvalue weighted by Gasteiger charge is -2.14. The molecule has 0 spiro atoms. The highest BCUT2D eigenvalue weighted by Crippen LogP contribution is 2.26. The van der Waals surface area contributed by atoms with Crippen molar-refractivity contribution in [3.05, 3.63) is 30.6 Å². The van der Waals surface area contributed by atoms with Crippen LogP contribution in [-0.4, -0.2) is 26.7 Å². The number of halogens is 1. The number of carbonyl (C=O) groups is 1. The lowest BCUT2D eigenvalue weighted by atomic mass is 10.1. The number of hydrogen-bond donors (Lipinski definition) is 2. The third-order valence-electron chi connectivity index (χ3n) is 3.32. The minimum Gasteiger partial charge on any atom is -0.324 e. The van der Waals surface area contributed by atoms with Gasteiger partial charge in [0, 0.05) is 12.1 Å². The third kappa shape index (κ3) is 4.05. The normalized spacial score (nSPS) is 11.6. The molecular formula is C15H22ClN5O. The Balaban J connectivity index is 0.00000242. The molecule has 22 heavy (non-hydrogen) atoms. The molecule has 0 bridgehead atoms. The second-order valence-corrected chi connectivity index (χ2v) is 4.87. The number of rotatable bonds is 6. The Bertz CT molecular complexity index is 613. The topological polar surface area (TPSA) is 85.8 Å². The van der Waals surface area contributed by atoms with E-state index in [1.165, 1.54) is 0 Å². The highest BCUT2D eigenvalue weighted by atomic mass is 35.5. The maximum atomic E-state index is 12.1. The number of nitrogens with one attached hydrogen (secondary N) is 1. The molecule has 0 radical (unpaired) electrons. The summed E-state index contributed by atoms with van der Waals surface area (Å²) in [5.41, 5.74) is 7.40. The summed E-state index contributed by atoms with van der Waals surface area (Å²) in [7, 11) is 0. The van der Waals surface area contributed by atoms with Gasteiger partial charge in [-0.25, -0.2) is 0 Å². The Morgan fingerprint density at radius 2 is 2.09 bits per heavy atom. The number of carbonyl (C=O) groups excluding carboxylic acids is 1. The van der Waals surface area contributed by atoms with E-state index in [2.05, 4.69) is 15.5 Å². The number of para-hydroxylation sites is 1. The van der Waals surface area contributed by atoms with Gasteiger partial charge in [-0.2, -0.15) is 0 Å². The third-order valence-corrected chi connectivity index (χ3v) is 3.32. The van der Waals surface area contributed by atoms with E-state index in [1.54, 1.807) is 6.33 Å². The zero-order valence-corrected chi connectivity index (χ0v) is 13.6. The summed E-state index contributed by atoms with van der Waals surface area (Å²) in [5, 5.41) is 11.0. The van der Waals surface area contributed by atoms with E-state index in [4.69, 9.17) is 5.73 Å². The first-order valence-corrected chi connectivity index (χ1v) is 7.21. The zero-order valence-electron chi connectivity index (χ0n) is 12.8. The molecule has 2 rings (SSSR count). The predicted molar refractivity (Wildman–Crippen MR) is 89.9 cm³/mol. The van der Waals surface area contributed by atoms with Crippen LogP contribution in [0.4, 0.5) is 5.69 Å². The van der Waals surface area contributed by atoms with Gasteiger partial charge < -0.3 is 15.6 Å². The summed E-state index contributed by atoms with van der Waals surface area (Å²) in [5.74, 6) is 0.560. The van der Waals surface area contributed by atoms with Crippen molar-refractivity contribution < 1.29 is 4.79 Å². The summed E-state index contributed by atoms with van der Waals surface area (Å²) < 4.78 is 1.93. The molecule has 1 amide bonds. The summed E-state index contributed by atoms with van der Waals surface area (Å²) in [6, 6.07) is 7.05. The van der Waals surface area contributed by atoms with E-state index in [9.17, 15) is 4.79 Å². The van der Waals surface area contributed by atoms with Gasteiger partial charge in [0.1, 0.15) is 6.33 Å². The van der Waals surface area contributed by atoms with Crippen molar-refractivity contribution in [3.8, 4) is 11.4 Å². The Hall–Kier alpha value is -1.92. The molecule has 0 saturated carbocycles. The average molecular weight is 324 g/mol. The lowest BCUT2D eigenvalue weighted by molar-refractivity contribution is -0.117. The quantitative estimate of drug-likeness (QED) is 0.855. The van der Waals surface area contributed by atoms with Gasteiger partial charge in [-0.05, 0) is 25.5 Å². The van der Waals surface area contributed by atoms with E-state index in [1.807, 2.05) is 42.7 Å². The highest BCUT2D eigenvalue weighted by Gasteiger charge is 2.16. The van der Waals surface area contributed by atoms with Gasteiger partial charge in [0.05, 0.1) is 11.7 Å². The zero-order chi connectivity index (χ0) is 15.2. The number of nitrogens with two attached hydrogens (primary N) is 1. The number of aryl methyl sites for hydroxylation is 1. The summed E-state index contributed by atoms with van der Waals surface area (Å²) in [6.07, 6.45) is 3.22. The van der Waals surface area contributed by atoms with Crippen LogP contribution in [0.15, 0.2) is 30.6 Å². The van der Waals surface area contributed by atoms with Gasteiger partial charge in [0.15, 0.2) is 5.82 Å². The van der Waals surface area contributed by atoms with Gasteiger partial charge in [0.25, 0.3) is 0 Å². The van der Waals surface area contributed by atoms with Crippen molar-refractivity contribution in [1.29, 1.82) is 0 Å². The van der Waals surface area contributed by atoms with Crippen molar-refractivity contribution in [1.82, 2.24) is 14.8 Å². The van der Waals surface area contributed by atoms with Crippen molar-refractivity contribution in [2.45, 2.75) is 39.3 Å². The molecular weight excluding hydrogens is 302 g/mol. The Morgan fingerprint density at radius 3 is 2.77 bits per heavy atom. The summed E-state index contributed by atoms with van der Waals surface area (Å²) in [6.45, 7) is 4.79. The Kier molecular flexibility index (Phi) is 7.01. The lowest BCUT2D eigenvalue weighted by Crippen LogP contribution is -2.35. The van der Waals surface area contributed by atoms with Crippen molar-refractivity contribution in [2.75, 3.05) is 5.32 Å². The van der Waals surface area contributed by atoms with Crippen molar-refractivity contribution in [3.63, 3.8) is 0 Å². The molecule has 6 nitrogen and oxygen atoms in total. The van der Waals surface area contributed by atoms with Crippen LogP contribution >= 0.6 is 12.4 Å². The smallest absolute Gasteiger partial charge is 0.241 e. The number of hydrogen-bond acceptors (Lipinski definition) is 4. The van der Waals surface area contributed by atoms with E-state index < -0.39 is 6.04 Å². The summed E-state index contributed by atoms with van der Waals surface area (Å²) in [4.78, 5) is 12.1. The first kappa shape index (κ1) is 18.1. The second kappa shape index (κ2) is 8.51. The fourth-order valence-corrected chi connectivity index (χ4v) is 2.15. The number of aromatic nitrogens is 3. The van der Waals surface area contributed by atoms with Gasteiger partial charge in [-0.1, -0.05) is 25.5 Å². The highest BCUT2D eigenvalue weighted by molar-refractivity contribution is 5.97. The molecule has 1 heterocycles.